The van der Waals surface area contributed by atoms with Crippen molar-refractivity contribution in [2.45, 2.75) is 25.2 Å². The van der Waals surface area contributed by atoms with Crippen molar-refractivity contribution < 1.29 is 23.8 Å². The Hall–Kier alpha value is -4.67. The number of aromatic amines is 1. The van der Waals surface area contributed by atoms with Gasteiger partial charge in [-0.25, -0.2) is 14.2 Å². The Bertz CT molecular complexity index is 1630. The van der Waals surface area contributed by atoms with E-state index in [2.05, 4.69) is 15.0 Å². The molecule has 2 heterocycles. The number of carbonyl (C=O) groups is 1. The van der Waals surface area contributed by atoms with E-state index in [9.17, 15) is 14.7 Å². The molecule has 0 unspecified atom stereocenters. The van der Waals surface area contributed by atoms with Gasteiger partial charge in [-0.15, -0.1) is 0 Å². The number of carboxylic acid groups (broad SMARTS) is 1. The summed E-state index contributed by atoms with van der Waals surface area (Å²) >= 11 is 0. The number of hydrogen-bond donors (Lipinski definition) is 4. The number of aromatic carboxylic acids is 1. The zero-order valence-electron chi connectivity index (χ0n) is 20.1. The summed E-state index contributed by atoms with van der Waals surface area (Å²) < 4.78 is 27.1. The van der Waals surface area contributed by atoms with Crippen LogP contribution in [0.1, 0.15) is 45.8 Å². The molecule has 10 nitrogen and oxygen atoms in total. The maximum Gasteiger partial charge on any atom is 0.341 e. The number of methoxy groups -OCH3 is 2. The van der Waals surface area contributed by atoms with Crippen molar-refractivity contribution in [1.29, 1.82) is 0 Å². The maximum absolute atomic E-state index is 15.6. The van der Waals surface area contributed by atoms with E-state index in [1.165, 1.54) is 20.3 Å². The average molecular weight is 506 g/mol. The lowest BCUT2D eigenvalue weighted by Gasteiger charge is -2.21. The van der Waals surface area contributed by atoms with Crippen LogP contribution in [-0.4, -0.2) is 40.2 Å². The lowest BCUT2D eigenvalue weighted by molar-refractivity contribution is 0.0695. The summed E-state index contributed by atoms with van der Waals surface area (Å²) in [7, 11) is 3.00. The van der Waals surface area contributed by atoms with E-state index in [4.69, 9.17) is 20.9 Å². The van der Waals surface area contributed by atoms with Gasteiger partial charge < -0.3 is 31.0 Å². The van der Waals surface area contributed by atoms with Gasteiger partial charge in [0.15, 0.2) is 11.5 Å². The number of hydrogen-bond acceptors (Lipinski definition) is 8. The Morgan fingerprint density at radius 1 is 1.14 bits per heavy atom. The molecule has 2 aromatic heterocycles. The summed E-state index contributed by atoms with van der Waals surface area (Å²) in [6.45, 7) is 0. The molecule has 1 fully saturated rings. The first-order chi connectivity index (χ1) is 17.7. The maximum atomic E-state index is 15.6. The van der Waals surface area contributed by atoms with E-state index < -0.39 is 22.8 Å². The van der Waals surface area contributed by atoms with Crippen molar-refractivity contribution in [1.82, 2.24) is 15.0 Å². The summed E-state index contributed by atoms with van der Waals surface area (Å²) in [5.41, 5.74) is 13.8. The molecule has 6 N–H and O–H groups in total. The smallest absolute Gasteiger partial charge is 0.341 e. The highest BCUT2D eigenvalue weighted by molar-refractivity contribution is 5.94. The fourth-order valence-electron chi connectivity index (χ4n) is 4.66. The van der Waals surface area contributed by atoms with Crippen LogP contribution in [0, 0.1) is 5.82 Å². The SMILES string of the molecule is COc1c(-c2cc3[nH]cc(C(=O)O)c(=O)c3cc2F)cc(Cc2cnc(N)nc2N)c(C2CC2)c1OC. The predicted molar refractivity (Wildman–Crippen MR) is 136 cm³/mol. The minimum atomic E-state index is -1.40. The van der Waals surface area contributed by atoms with Gasteiger partial charge in [-0.1, -0.05) is 0 Å². The molecule has 0 aliphatic heterocycles. The third-order valence-corrected chi connectivity index (χ3v) is 6.54. The van der Waals surface area contributed by atoms with Gasteiger partial charge in [-0.05, 0) is 42.5 Å². The number of halogens is 1. The van der Waals surface area contributed by atoms with Crippen LogP contribution in [0.2, 0.25) is 0 Å². The van der Waals surface area contributed by atoms with Crippen LogP contribution >= 0.6 is 0 Å². The second-order valence-corrected chi connectivity index (χ2v) is 8.87. The number of anilines is 2. The minimum absolute atomic E-state index is 0.0648. The predicted octanol–water partition coefficient (Wildman–Crippen LogP) is 3.47. The van der Waals surface area contributed by atoms with E-state index in [1.807, 2.05) is 6.07 Å². The van der Waals surface area contributed by atoms with E-state index in [1.54, 1.807) is 6.20 Å². The summed E-state index contributed by atoms with van der Waals surface area (Å²) in [5.74, 6) is -0.731. The number of fused-ring (bicyclic) bond motifs is 1. The molecule has 1 saturated carbocycles. The number of H-pyrrole nitrogens is 1. The monoisotopic (exact) mass is 505 g/mol. The quantitative estimate of drug-likeness (QED) is 0.294. The van der Waals surface area contributed by atoms with Crippen molar-refractivity contribution in [3.05, 3.63) is 68.9 Å². The minimum Gasteiger partial charge on any atom is -0.493 e. The van der Waals surface area contributed by atoms with Gasteiger partial charge >= 0.3 is 5.97 Å². The lowest BCUT2D eigenvalue weighted by Crippen LogP contribution is -2.15. The topological polar surface area (TPSA) is 166 Å². The van der Waals surface area contributed by atoms with E-state index in [0.717, 1.165) is 36.2 Å². The number of nitrogens with one attached hydrogen (secondary N) is 1. The van der Waals surface area contributed by atoms with Crippen molar-refractivity contribution in [3.8, 4) is 22.6 Å². The van der Waals surface area contributed by atoms with Crippen LogP contribution in [0.4, 0.5) is 16.2 Å². The fourth-order valence-corrected chi connectivity index (χ4v) is 4.66. The second-order valence-electron chi connectivity index (χ2n) is 8.87. The molecule has 2 aromatic carbocycles. The third kappa shape index (κ3) is 4.18. The van der Waals surface area contributed by atoms with Crippen LogP contribution in [0.5, 0.6) is 11.5 Å². The highest BCUT2D eigenvalue weighted by Gasteiger charge is 2.33. The number of rotatable bonds is 7. The Balaban J connectivity index is 1.75. The Labute approximate surface area is 210 Å². The van der Waals surface area contributed by atoms with Gasteiger partial charge in [0.2, 0.25) is 11.4 Å². The molecule has 0 radical (unpaired) electrons. The molecule has 190 valence electrons. The van der Waals surface area contributed by atoms with Crippen molar-refractivity contribution >= 4 is 28.6 Å². The first kappa shape index (κ1) is 24.0. The lowest BCUT2D eigenvalue weighted by atomic mass is 9.90. The summed E-state index contributed by atoms with van der Waals surface area (Å²) in [6.07, 6.45) is 4.94. The summed E-state index contributed by atoms with van der Waals surface area (Å²) in [4.78, 5) is 34.8. The van der Waals surface area contributed by atoms with Crippen LogP contribution < -0.4 is 26.4 Å². The second kappa shape index (κ2) is 9.08. The Morgan fingerprint density at radius 2 is 1.86 bits per heavy atom. The van der Waals surface area contributed by atoms with Crippen LogP contribution in [0.15, 0.2) is 35.4 Å². The van der Waals surface area contributed by atoms with Gasteiger partial charge in [-0.2, -0.15) is 4.98 Å². The molecule has 4 aromatic rings. The van der Waals surface area contributed by atoms with Crippen molar-refractivity contribution in [2.24, 2.45) is 0 Å². The van der Waals surface area contributed by atoms with Crippen LogP contribution in [0.3, 0.4) is 0 Å². The van der Waals surface area contributed by atoms with Crippen molar-refractivity contribution in [3.63, 3.8) is 0 Å². The standard InChI is InChI=1S/C26H24FN5O5/c1-36-22-15(14-8-19-16(7-18(14)27)21(33)17(10-30-19)25(34)35)6-12(20(11-3-4-11)23(22)37-2)5-13-9-31-26(29)32-24(13)28/h6-11H,3-5H2,1-2H3,(H,30,33)(H,34,35)(H4,28,29,31,32). The van der Waals surface area contributed by atoms with Gasteiger partial charge in [0.1, 0.15) is 17.2 Å². The molecular weight excluding hydrogens is 481 g/mol. The zero-order valence-corrected chi connectivity index (χ0v) is 20.1. The molecule has 0 saturated heterocycles. The molecule has 0 atom stereocenters. The largest absolute Gasteiger partial charge is 0.493 e. The number of carboxylic acids is 1. The van der Waals surface area contributed by atoms with Gasteiger partial charge in [0, 0.05) is 46.5 Å². The highest BCUT2D eigenvalue weighted by Crippen LogP contribution is 2.53. The zero-order chi connectivity index (χ0) is 26.4. The average Bonchev–Trinajstić information content (AvgIpc) is 3.70. The van der Waals surface area contributed by atoms with Gasteiger partial charge in [-0.3, -0.25) is 4.79 Å². The first-order valence-electron chi connectivity index (χ1n) is 11.5. The molecular formula is C26H24FN5O5. The molecule has 37 heavy (non-hydrogen) atoms. The van der Waals surface area contributed by atoms with Crippen LogP contribution in [0.25, 0.3) is 22.0 Å². The first-order valence-corrected chi connectivity index (χ1v) is 11.5. The van der Waals surface area contributed by atoms with E-state index in [-0.39, 0.29) is 34.2 Å². The fraction of sp³-hybridized carbons (Fsp3) is 0.231. The number of nitrogen functional groups attached to an aromatic ring is 2. The number of ether oxygens (including phenoxy) is 2. The molecule has 0 amide bonds. The number of aromatic nitrogens is 3. The Kier molecular flexibility index (Phi) is 5.90. The molecule has 5 rings (SSSR count). The number of nitrogens with two attached hydrogens (primary N) is 2. The molecule has 0 spiro atoms. The summed E-state index contributed by atoms with van der Waals surface area (Å²) in [6, 6.07) is 4.30. The van der Waals surface area contributed by atoms with Gasteiger partial charge in [0.25, 0.3) is 0 Å². The Morgan fingerprint density at radius 3 is 2.49 bits per heavy atom. The highest BCUT2D eigenvalue weighted by atomic mass is 19.1. The van der Waals surface area contributed by atoms with E-state index in [0.29, 0.717) is 29.0 Å². The molecule has 1 aliphatic rings. The van der Waals surface area contributed by atoms with E-state index >= 15 is 4.39 Å². The number of benzene rings is 2. The number of nitrogens with zero attached hydrogens (tertiary/aromatic N) is 2. The van der Waals surface area contributed by atoms with Crippen molar-refractivity contribution in [2.75, 3.05) is 25.7 Å². The molecule has 1 aliphatic carbocycles. The third-order valence-electron chi connectivity index (χ3n) is 6.54. The van der Waals surface area contributed by atoms with Crippen LogP contribution in [-0.2, 0) is 6.42 Å². The van der Waals surface area contributed by atoms with Gasteiger partial charge in [0.05, 0.1) is 19.7 Å². The molecule has 0 bridgehead atoms. The number of pyridine rings is 1. The normalized spacial score (nSPS) is 13.1. The summed E-state index contributed by atoms with van der Waals surface area (Å²) in [5, 5.41) is 9.17. The molecule has 11 heteroatoms.